The molecule has 0 unspecified atom stereocenters. The van der Waals surface area contributed by atoms with Gasteiger partial charge in [-0.1, -0.05) is 30.3 Å². The Bertz CT molecular complexity index is 1200. The number of nitrogens with one attached hydrogen (secondary N) is 1. The number of ether oxygens (including phenoxy) is 1. The van der Waals surface area contributed by atoms with Crippen LogP contribution < -0.4 is 5.32 Å². The molecule has 0 spiro atoms. The van der Waals surface area contributed by atoms with Crippen LogP contribution in [-0.4, -0.2) is 64.1 Å². The van der Waals surface area contributed by atoms with Gasteiger partial charge in [0.1, 0.15) is 18.8 Å². The van der Waals surface area contributed by atoms with Crippen molar-refractivity contribution in [3.63, 3.8) is 0 Å². The van der Waals surface area contributed by atoms with Crippen molar-refractivity contribution in [3.8, 4) is 6.07 Å². The molecule has 5 rings (SSSR count). The highest BCUT2D eigenvalue weighted by Crippen LogP contribution is 2.28. The van der Waals surface area contributed by atoms with Crippen LogP contribution in [0.3, 0.4) is 0 Å². The van der Waals surface area contributed by atoms with E-state index in [1.807, 2.05) is 47.4 Å². The van der Waals surface area contributed by atoms with Gasteiger partial charge in [-0.2, -0.15) is 5.26 Å². The summed E-state index contributed by atoms with van der Waals surface area (Å²) < 4.78 is 5.50. The molecule has 1 saturated heterocycles. The topological polar surface area (TPSA) is 94.4 Å². The number of carbonyl (C=O) groups is 1. The second kappa shape index (κ2) is 10.7. The Morgan fingerprint density at radius 2 is 1.80 bits per heavy atom. The van der Waals surface area contributed by atoms with Crippen LogP contribution in [0.5, 0.6) is 0 Å². The number of aromatic nitrogens is 2. The van der Waals surface area contributed by atoms with Gasteiger partial charge in [0.2, 0.25) is 0 Å². The second-order valence-corrected chi connectivity index (χ2v) is 9.28. The van der Waals surface area contributed by atoms with Crippen LogP contribution in [0, 0.1) is 11.3 Å². The molecule has 2 aromatic carbocycles. The smallest absolute Gasteiger partial charge is 0.410 e. The monoisotopic (exact) mass is 470 g/mol. The number of hydrogen-bond donors (Lipinski definition) is 1. The predicted octanol–water partition coefficient (Wildman–Crippen LogP) is 4.18. The Balaban J connectivity index is 1.09. The molecule has 1 aliphatic carbocycles. The number of carbonyl (C=O) groups excluding carboxylic acids is 1. The minimum atomic E-state index is -0.224. The zero-order valence-electron chi connectivity index (χ0n) is 19.8. The van der Waals surface area contributed by atoms with Gasteiger partial charge in [-0.15, -0.1) is 0 Å². The normalized spacial score (nSPS) is 20.8. The first-order valence-corrected chi connectivity index (χ1v) is 12.3. The highest BCUT2D eigenvalue weighted by atomic mass is 16.6. The lowest BCUT2D eigenvalue weighted by atomic mass is 9.89. The summed E-state index contributed by atoms with van der Waals surface area (Å²) in [5.41, 5.74) is 2.46. The molecule has 0 bridgehead atoms. The maximum atomic E-state index is 12.5. The van der Waals surface area contributed by atoms with Crippen molar-refractivity contribution in [2.75, 3.05) is 31.5 Å². The molecular weight excluding hydrogens is 440 g/mol. The van der Waals surface area contributed by atoms with Crippen molar-refractivity contribution >= 4 is 22.8 Å². The third-order valence-corrected chi connectivity index (χ3v) is 7.10. The zero-order chi connectivity index (χ0) is 24.0. The minimum absolute atomic E-state index is 0.224. The summed E-state index contributed by atoms with van der Waals surface area (Å²) in [5, 5.41) is 13.7. The van der Waals surface area contributed by atoms with E-state index in [0.29, 0.717) is 37.3 Å². The number of amides is 1. The number of rotatable bonds is 5. The van der Waals surface area contributed by atoms with Crippen molar-refractivity contribution in [2.24, 2.45) is 0 Å². The molecule has 1 saturated carbocycles. The van der Waals surface area contributed by atoms with E-state index in [2.05, 4.69) is 26.3 Å². The first-order valence-electron chi connectivity index (χ1n) is 12.3. The maximum Gasteiger partial charge on any atom is 0.410 e. The molecule has 2 fully saturated rings. The van der Waals surface area contributed by atoms with Crippen molar-refractivity contribution in [1.82, 2.24) is 19.8 Å². The fourth-order valence-corrected chi connectivity index (χ4v) is 5.10. The van der Waals surface area contributed by atoms with Gasteiger partial charge in [0.25, 0.3) is 0 Å². The van der Waals surface area contributed by atoms with Crippen LogP contribution >= 0.6 is 0 Å². The van der Waals surface area contributed by atoms with E-state index >= 15 is 0 Å². The predicted molar refractivity (Wildman–Crippen MR) is 134 cm³/mol. The lowest BCUT2D eigenvalue weighted by molar-refractivity contribution is 0.0522. The van der Waals surface area contributed by atoms with Crippen molar-refractivity contribution in [1.29, 1.82) is 5.26 Å². The van der Waals surface area contributed by atoms with E-state index in [9.17, 15) is 10.1 Å². The first-order chi connectivity index (χ1) is 17.2. The van der Waals surface area contributed by atoms with Crippen LogP contribution in [-0.2, 0) is 11.3 Å². The number of piperazine rings is 1. The number of benzene rings is 2. The van der Waals surface area contributed by atoms with E-state index in [4.69, 9.17) is 4.74 Å². The van der Waals surface area contributed by atoms with Crippen molar-refractivity contribution in [3.05, 3.63) is 66.0 Å². The van der Waals surface area contributed by atoms with Crippen LogP contribution in [0.2, 0.25) is 0 Å². The zero-order valence-corrected chi connectivity index (χ0v) is 19.8. The third-order valence-electron chi connectivity index (χ3n) is 7.10. The summed E-state index contributed by atoms with van der Waals surface area (Å²) >= 11 is 0. The fraction of sp³-hybridized carbons (Fsp3) is 0.407. The van der Waals surface area contributed by atoms with Crippen LogP contribution in [0.4, 0.5) is 10.6 Å². The average Bonchev–Trinajstić information content (AvgIpc) is 2.93. The molecule has 180 valence electrons. The van der Waals surface area contributed by atoms with Gasteiger partial charge >= 0.3 is 6.09 Å². The number of nitrogens with zero attached hydrogens (tertiary/aromatic N) is 5. The average molecular weight is 471 g/mol. The van der Waals surface area contributed by atoms with E-state index in [-0.39, 0.29) is 6.09 Å². The first kappa shape index (κ1) is 23.1. The Morgan fingerprint density at radius 1 is 1.03 bits per heavy atom. The Labute approximate surface area is 205 Å². The van der Waals surface area contributed by atoms with Gasteiger partial charge in [0.05, 0.1) is 17.1 Å². The van der Waals surface area contributed by atoms with Gasteiger partial charge in [-0.05, 0) is 49.4 Å². The summed E-state index contributed by atoms with van der Waals surface area (Å²) in [7, 11) is 0. The van der Waals surface area contributed by atoms with Crippen LogP contribution in [0.1, 0.15) is 36.8 Å². The Morgan fingerprint density at radius 3 is 2.54 bits per heavy atom. The highest BCUT2D eigenvalue weighted by molar-refractivity contribution is 5.89. The molecule has 2 aliphatic rings. The fourth-order valence-electron chi connectivity index (χ4n) is 5.10. The molecular formula is C27H30N6O2. The molecule has 3 aromatic rings. The molecule has 1 amide bonds. The SMILES string of the molecule is N#Cc1ccc2ncnc(NC3CCC(N4CCN(C(=O)OCc5ccccc5)CC4)CC3)c2c1. The van der Waals surface area contributed by atoms with Gasteiger partial charge in [-0.25, -0.2) is 14.8 Å². The lowest BCUT2D eigenvalue weighted by Crippen LogP contribution is -2.53. The summed E-state index contributed by atoms with van der Waals surface area (Å²) in [6.07, 6.45) is 5.71. The molecule has 2 heterocycles. The molecule has 1 N–H and O–H groups in total. The molecule has 1 aromatic heterocycles. The maximum absolute atomic E-state index is 12.5. The number of nitriles is 1. The number of hydrogen-bond acceptors (Lipinski definition) is 7. The summed E-state index contributed by atoms with van der Waals surface area (Å²) in [6, 6.07) is 18.4. The van der Waals surface area contributed by atoms with E-state index < -0.39 is 0 Å². The quantitative estimate of drug-likeness (QED) is 0.598. The van der Waals surface area contributed by atoms with Crippen LogP contribution in [0.25, 0.3) is 10.9 Å². The minimum Gasteiger partial charge on any atom is -0.445 e. The second-order valence-electron chi connectivity index (χ2n) is 9.28. The van der Waals surface area contributed by atoms with Crippen LogP contribution in [0.15, 0.2) is 54.9 Å². The largest absolute Gasteiger partial charge is 0.445 e. The van der Waals surface area contributed by atoms with E-state index in [0.717, 1.165) is 61.1 Å². The summed E-state index contributed by atoms with van der Waals surface area (Å²) in [6.45, 7) is 3.50. The van der Waals surface area contributed by atoms with Crippen molar-refractivity contribution in [2.45, 2.75) is 44.4 Å². The number of fused-ring (bicyclic) bond motifs is 1. The van der Waals surface area contributed by atoms with E-state index in [1.165, 1.54) is 0 Å². The van der Waals surface area contributed by atoms with Crippen molar-refractivity contribution < 1.29 is 9.53 Å². The molecule has 1 aliphatic heterocycles. The summed E-state index contributed by atoms with van der Waals surface area (Å²) in [4.78, 5) is 25.6. The highest BCUT2D eigenvalue weighted by Gasteiger charge is 2.30. The van der Waals surface area contributed by atoms with Gasteiger partial charge in [0, 0.05) is 43.6 Å². The molecule has 0 radical (unpaired) electrons. The standard InChI is InChI=1S/C27H30N6O2/c28-17-21-6-11-25-24(16-21)26(30-19-29-25)31-22-7-9-23(10-8-22)32-12-14-33(15-13-32)27(34)35-18-20-4-2-1-3-5-20/h1-6,11,16,19,22-23H,7-10,12-15,18H2,(H,29,30,31). The van der Waals surface area contributed by atoms with Gasteiger partial charge < -0.3 is 15.0 Å². The van der Waals surface area contributed by atoms with E-state index in [1.54, 1.807) is 12.4 Å². The summed E-state index contributed by atoms with van der Waals surface area (Å²) in [5.74, 6) is 0.804. The molecule has 35 heavy (non-hydrogen) atoms. The lowest BCUT2D eigenvalue weighted by Gasteiger charge is -2.41. The third kappa shape index (κ3) is 5.52. The Hall–Kier alpha value is -3.70. The molecule has 0 atom stereocenters. The van der Waals surface area contributed by atoms with Gasteiger partial charge in [-0.3, -0.25) is 4.90 Å². The van der Waals surface area contributed by atoms with Gasteiger partial charge in [0.15, 0.2) is 0 Å². The molecule has 8 heteroatoms. The molecule has 8 nitrogen and oxygen atoms in total. The Kier molecular flexibility index (Phi) is 7.05. The number of anilines is 1.